The predicted octanol–water partition coefficient (Wildman–Crippen LogP) is 1.77. The monoisotopic (exact) mass is 202 g/mol. The van der Waals surface area contributed by atoms with Gasteiger partial charge >= 0.3 is 0 Å². The SMILES string of the molecule is COc1cc(N)cc(N(C)C)c1.Cl. The smallest absolute Gasteiger partial charge is 0.122 e. The zero-order chi connectivity index (χ0) is 9.14. The van der Waals surface area contributed by atoms with E-state index in [0.29, 0.717) is 0 Å². The van der Waals surface area contributed by atoms with E-state index in [0.717, 1.165) is 17.1 Å². The Morgan fingerprint density at radius 1 is 1.23 bits per heavy atom. The maximum Gasteiger partial charge on any atom is 0.122 e. The predicted molar refractivity (Wildman–Crippen MR) is 59.0 cm³/mol. The van der Waals surface area contributed by atoms with Gasteiger partial charge in [0.1, 0.15) is 5.75 Å². The first-order chi connectivity index (χ1) is 5.63. The maximum atomic E-state index is 5.67. The van der Waals surface area contributed by atoms with Crippen LogP contribution in [0, 0.1) is 0 Å². The molecule has 0 saturated carbocycles. The fourth-order valence-corrected chi connectivity index (χ4v) is 0.982. The van der Waals surface area contributed by atoms with E-state index in [1.54, 1.807) is 13.2 Å². The third-order valence-electron chi connectivity index (χ3n) is 1.67. The lowest BCUT2D eigenvalue weighted by Crippen LogP contribution is -2.09. The van der Waals surface area contributed by atoms with Gasteiger partial charge in [-0.1, -0.05) is 0 Å². The van der Waals surface area contributed by atoms with Crippen LogP contribution in [0.1, 0.15) is 0 Å². The Morgan fingerprint density at radius 3 is 2.31 bits per heavy atom. The lowest BCUT2D eigenvalue weighted by atomic mass is 10.2. The van der Waals surface area contributed by atoms with Crippen LogP contribution in [0.15, 0.2) is 18.2 Å². The molecular weight excluding hydrogens is 188 g/mol. The molecule has 0 amide bonds. The number of benzene rings is 1. The van der Waals surface area contributed by atoms with Gasteiger partial charge in [-0.25, -0.2) is 0 Å². The van der Waals surface area contributed by atoms with E-state index in [1.807, 2.05) is 31.1 Å². The minimum absolute atomic E-state index is 0. The molecule has 0 aromatic heterocycles. The molecule has 0 aliphatic carbocycles. The molecule has 0 bridgehead atoms. The van der Waals surface area contributed by atoms with E-state index in [9.17, 15) is 0 Å². The summed E-state index contributed by atoms with van der Waals surface area (Å²) in [5.74, 6) is 0.790. The minimum Gasteiger partial charge on any atom is -0.497 e. The summed E-state index contributed by atoms with van der Waals surface area (Å²) in [6.07, 6.45) is 0. The molecule has 0 heterocycles. The molecule has 0 spiro atoms. The molecule has 74 valence electrons. The first kappa shape index (κ1) is 11.9. The number of nitrogen functional groups attached to an aromatic ring is 1. The van der Waals surface area contributed by atoms with Crippen LogP contribution in [-0.2, 0) is 0 Å². The fourth-order valence-electron chi connectivity index (χ4n) is 0.982. The molecule has 1 aromatic carbocycles. The molecule has 0 unspecified atom stereocenters. The number of halogens is 1. The van der Waals surface area contributed by atoms with Gasteiger partial charge in [0.25, 0.3) is 0 Å². The van der Waals surface area contributed by atoms with Gasteiger partial charge in [-0.3, -0.25) is 0 Å². The second-order valence-corrected chi connectivity index (χ2v) is 2.86. The van der Waals surface area contributed by atoms with Gasteiger partial charge in [0.15, 0.2) is 0 Å². The summed E-state index contributed by atoms with van der Waals surface area (Å²) in [5.41, 5.74) is 7.43. The van der Waals surface area contributed by atoms with E-state index >= 15 is 0 Å². The Morgan fingerprint density at radius 2 is 1.85 bits per heavy atom. The number of nitrogens with two attached hydrogens (primary N) is 1. The summed E-state index contributed by atoms with van der Waals surface area (Å²) in [6.45, 7) is 0. The van der Waals surface area contributed by atoms with Crippen LogP contribution in [0.2, 0.25) is 0 Å². The zero-order valence-electron chi connectivity index (χ0n) is 8.07. The van der Waals surface area contributed by atoms with Gasteiger partial charge in [0.2, 0.25) is 0 Å². The Hall–Kier alpha value is -1.09. The van der Waals surface area contributed by atoms with Crippen LogP contribution < -0.4 is 15.4 Å². The molecule has 1 rings (SSSR count). The first-order valence-electron chi connectivity index (χ1n) is 3.75. The third kappa shape index (κ3) is 3.03. The largest absolute Gasteiger partial charge is 0.497 e. The Bertz CT molecular complexity index is 276. The Labute approximate surface area is 84.9 Å². The number of nitrogens with zero attached hydrogens (tertiary/aromatic N) is 1. The van der Waals surface area contributed by atoms with Crippen molar-refractivity contribution in [3.05, 3.63) is 18.2 Å². The van der Waals surface area contributed by atoms with E-state index < -0.39 is 0 Å². The topological polar surface area (TPSA) is 38.5 Å². The van der Waals surface area contributed by atoms with Crippen molar-refractivity contribution in [1.82, 2.24) is 0 Å². The third-order valence-corrected chi connectivity index (χ3v) is 1.67. The highest BCUT2D eigenvalue weighted by atomic mass is 35.5. The van der Waals surface area contributed by atoms with Crippen LogP contribution in [0.5, 0.6) is 5.75 Å². The number of hydrogen-bond donors (Lipinski definition) is 1. The van der Waals surface area contributed by atoms with Crippen LogP contribution in [0.25, 0.3) is 0 Å². The molecule has 0 atom stereocenters. The molecule has 0 aliphatic rings. The minimum atomic E-state index is 0. The number of anilines is 2. The summed E-state index contributed by atoms with van der Waals surface area (Å²) in [7, 11) is 5.57. The van der Waals surface area contributed by atoms with E-state index in [-0.39, 0.29) is 12.4 Å². The number of ether oxygens (including phenoxy) is 1. The molecular formula is C9H15ClN2O. The van der Waals surface area contributed by atoms with Gasteiger partial charge in [-0.05, 0) is 6.07 Å². The average molecular weight is 203 g/mol. The van der Waals surface area contributed by atoms with E-state index in [1.165, 1.54) is 0 Å². The molecule has 1 aromatic rings. The van der Waals surface area contributed by atoms with Crippen molar-refractivity contribution in [2.24, 2.45) is 0 Å². The number of hydrogen-bond acceptors (Lipinski definition) is 3. The van der Waals surface area contributed by atoms with Crippen molar-refractivity contribution < 1.29 is 4.74 Å². The standard InChI is InChI=1S/C9H14N2O.ClH/c1-11(2)8-4-7(10)5-9(6-8)12-3;/h4-6H,10H2,1-3H3;1H. The molecule has 2 N–H and O–H groups in total. The quantitative estimate of drug-likeness (QED) is 0.743. The van der Waals surface area contributed by atoms with Gasteiger partial charge in [-0.15, -0.1) is 12.4 Å². The van der Waals surface area contributed by atoms with Crippen LogP contribution in [-0.4, -0.2) is 21.2 Å². The zero-order valence-corrected chi connectivity index (χ0v) is 8.89. The highest BCUT2D eigenvalue weighted by molar-refractivity contribution is 5.85. The maximum absolute atomic E-state index is 5.67. The fraction of sp³-hybridized carbons (Fsp3) is 0.333. The summed E-state index contributed by atoms with van der Waals surface area (Å²) in [6, 6.07) is 5.64. The highest BCUT2D eigenvalue weighted by Crippen LogP contribution is 2.23. The van der Waals surface area contributed by atoms with Crippen LogP contribution >= 0.6 is 12.4 Å². The molecule has 0 saturated heterocycles. The Balaban J connectivity index is 0.00000144. The van der Waals surface area contributed by atoms with Crippen molar-refractivity contribution in [2.45, 2.75) is 0 Å². The second-order valence-electron chi connectivity index (χ2n) is 2.86. The summed E-state index contributed by atoms with van der Waals surface area (Å²) in [5, 5.41) is 0. The molecule has 0 radical (unpaired) electrons. The molecule has 0 aliphatic heterocycles. The summed E-state index contributed by atoms with van der Waals surface area (Å²) >= 11 is 0. The summed E-state index contributed by atoms with van der Waals surface area (Å²) < 4.78 is 5.08. The Kier molecular flexibility index (Phi) is 4.42. The van der Waals surface area contributed by atoms with Crippen LogP contribution in [0.4, 0.5) is 11.4 Å². The van der Waals surface area contributed by atoms with Crippen molar-refractivity contribution in [3.63, 3.8) is 0 Å². The molecule has 4 heteroatoms. The van der Waals surface area contributed by atoms with E-state index in [4.69, 9.17) is 10.5 Å². The van der Waals surface area contributed by atoms with Gasteiger partial charge < -0.3 is 15.4 Å². The lowest BCUT2D eigenvalue weighted by molar-refractivity contribution is 0.415. The first-order valence-corrected chi connectivity index (χ1v) is 3.75. The molecule has 0 fully saturated rings. The second kappa shape index (κ2) is 4.82. The van der Waals surface area contributed by atoms with Crippen LogP contribution in [0.3, 0.4) is 0 Å². The van der Waals surface area contributed by atoms with E-state index in [2.05, 4.69) is 0 Å². The van der Waals surface area contributed by atoms with Crippen molar-refractivity contribution >= 4 is 23.8 Å². The average Bonchev–Trinajstić information content (AvgIpc) is 2.03. The highest BCUT2D eigenvalue weighted by Gasteiger charge is 1.99. The summed E-state index contributed by atoms with van der Waals surface area (Å²) in [4.78, 5) is 1.98. The number of rotatable bonds is 2. The normalized spacial score (nSPS) is 8.85. The molecule has 3 nitrogen and oxygen atoms in total. The molecule has 13 heavy (non-hydrogen) atoms. The lowest BCUT2D eigenvalue weighted by Gasteiger charge is -2.14. The van der Waals surface area contributed by atoms with Crippen molar-refractivity contribution in [1.29, 1.82) is 0 Å². The number of methoxy groups -OCH3 is 1. The van der Waals surface area contributed by atoms with Gasteiger partial charge in [-0.2, -0.15) is 0 Å². The van der Waals surface area contributed by atoms with Gasteiger partial charge in [0.05, 0.1) is 7.11 Å². The van der Waals surface area contributed by atoms with Crippen molar-refractivity contribution in [2.75, 3.05) is 31.8 Å². The van der Waals surface area contributed by atoms with Crippen molar-refractivity contribution in [3.8, 4) is 5.75 Å². The van der Waals surface area contributed by atoms with Gasteiger partial charge in [0, 0.05) is 37.6 Å².